The average Bonchev–Trinajstić information content (AvgIpc) is 3.22. The second-order valence-corrected chi connectivity index (χ2v) is 7.03. The van der Waals surface area contributed by atoms with Gasteiger partial charge in [0, 0.05) is 36.4 Å². The fourth-order valence-corrected chi connectivity index (χ4v) is 3.85. The number of hydrogen-bond donors (Lipinski definition) is 2. The molecule has 1 aliphatic heterocycles. The minimum Gasteiger partial charge on any atom is -0.461 e. The van der Waals surface area contributed by atoms with E-state index in [0.29, 0.717) is 11.6 Å². The summed E-state index contributed by atoms with van der Waals surface area (Å²) in [6, 6.07) is 3.77. The molecular weight excluding hydrogens is 334 g/mol. The minimum atomic E-state index is 0.655. The Kier molecular flexibility index (Phi) is 4.76. The first-order chi connectivity index (χ1) is 12.3. The van der Waals surface area contributed by atoms with Crippen molar-refractivity contribution < 1.29 is 4.42 Å². The van der Waals surface area contributed by atoms with Gasteiger partial charge in [0.1, 0.15) is 5.82 Å². The number of nitrogens with one attached hydrogen (secondary N) is 2. The summed E-state index contributed by atoms with van der Waals surface area (Å²) in [4.78, 5) is 15.1. The Labute approximate surface area is 150 Å². The lowest BCUT2D eigenvalue weighted by Crippen LogP contribution is -2.16. The fourth-order valence-electron chi connectivity index (χ4n) is 3.07. The minimum absolute atomic E-state index is 0.655. The number of rotatable bonds is 5. The Balaban J connectivity index is 1.60. The summed E-state index contributed by atoms with van der Waals surface area (Å²) in [5, 5.41) is 6.96. The van der Waals surface area contributed by atoms with Crippen molar-refractivity contribution in [3.05, 3.63) is 45.7 Å². The van der Waals surface area contributed by atoms with Crippen LogP contribution in [0.25, 0.3) is 11.6 Å². The van der Waals surface area contributed by atoms with Crippen LogP contribution in [0.5, 0.6) is 0 Å². The van der Waals surface area contributed by atoms with Crippen molar-refractivity contribution >= 4 is 17.2 Å². The highest BCUT2D eigenvalue weighted by Crippen LogP contribution is 2.25. The standard InChI is InChI=1S/C18H21N5OS/c1-12-16(25-11-21-12)6-9-20-17-13-4-7-19-8-5-14(13)22-18(23-17)15-3-2-10-24-15/h2-3,10-11,19H,4-9H2,1H3,(H,20,22,23). The SMILES string of the molecule is Cc1ncsc1CCNc1nc(-c2ccco2)nc2c1CCNCC2. The zero-order valence-corrected chi connectivity index (χ0v) is 15.0. The maximum Gasteiger partial charge on any atom is 0.197 e. The van der Waals surface area contributed by atoms with Crippen molar-refractivity contribution in [2.75, 3.05) is 25.0 Å². The van der Waals surface area contributed by atoms with Gasteiger partial charge in [-0.15, -0.1) is 11.3 Å². The van der Waals surface area contributed by atoms with Crippen molar-refractivity contribution in [1.29, 1.82) is 0 Å². The summed E-state index contributed by atoms with van der Waals surface area (Å²) in [5.41, 5.74) is 5.36. The molecule has 0 fully saturated rings. The van der Waals surface area contributed by atoms with E-state index in [1.165, 1.54) is 10.4 Å². The van der Waals surface area contributed by atoms with Crippen LogP contribution in [0.4, 0.5) is 5.82 Å². The van der Waals surface area contributed by atoms with Crippen LogP contribution >= 0.6 is 11.3 Å². The van der Waals surface area contributed by atoms with E-state index in [1.54, 1.807) is 17.6 Å². The molecule has 0 atom stereocenters. The van der Waals surface area contributed by atoms with Gasteiger partial charge in [-0.05, 0) is 32.0 Å². The monoisotopic (exact) mass is 355 g/mol. The topological polar surface area (TPSA) is 75.9 Å². The first kappa shape index (κ1) is 16.2. The molecule has 2 N–H and O–H groups in total. The number of thiazole rings is 1. The molecule has 130 valence electrons. The van der Waals surface area contributed by atoms with Gasteiger partial charge in [-0.3, -0.25) is 0 Å². The second-order valence-electron chi connectivity index (χ2n) is 6.09. The van der Waals surface area contributed by atoms with Crippen molar-refractivity contribution in [2.24, 2.45) is 0 Å². The third-order valence-corrected chi connectivity index (χ3v) is 5.41. The third kappa shape index (κ3) is 3.57. The van der Waals surface area contributed by atoms with Gasteiger partial charge in [0.05, 0.1) is 23.2 Å². The maximum atomic E-state index is 5.50. The lowest BCUT2D eigenvalue weighted by atomic mass is 10.1. The number of fused-ring (bicyclic) bond motifs is 1. The van der Waals surface area contributed by atoms with Crippen LogP contribution in [-0.2, 0) is 19.3 Å². The molecule has 0 spiro atoms. The molecule has 4 rings (SSSR count). The summed E-state index contributed by atoms with van der Waals surface area (Å²) in [6.07, 6.45) is 4.46. The highest BCUT2D eigenvalue weighted by molar-refractivity contribution is 7.09. The quantitative estimate of drug-likeness (QED) is 0.733. The van der Waals surface area contributed by atoms with Gasteiger partial charge in [0.2, 0.25) is 0 Å². The zero-order valence-electron chi connectivity index (χ0n) is 14.2. The van der Waals surface area contributed by atoms with E-state index in [0.717, 1.165) is 56.1 Å². The molecule has 4 heterocycles. The van der Waals surface area contributed by atoms with Crippen molar-refractivity contribution in [3.63, 3.8) is 0 Å². The summed E-state index contributed by atoms with van der Waals surface area (Å²) < 4.78 is 5.50. The van der Waals surface area contributed by atoms with E-state index < -0.39 is 0 Å². The van der Waals surface area contributed by atoms with Gasteiger partial charge in [-0.2, -0.15) is 0 Å². The van der Waals surface area contributed by atoms with Crippen LogP contribution in [0.3, 0.4) is 0 Å². The molecule has 7 heteroatoms. The Morgan fingerprint density at radius 3 is 3.00 bits per heavy atom. The Bertz CT molecular complexity index is 843. The third-order valence-electron chi connectivity index (χ3n) is 4.41. The molecule has 0 saturated heterocycles. The van der Waals surface area contributed by atoms with Gasteiger partial charge < -0.3 is 15.1 Å². The number of nitrogens with zero attached hydrogens (tertiary/aromatic N) is 3. The highest BCUT2D eigenvalue weighted by atomic mass is 32.1. The average molecular weight is 355 g/mol. The molecule has 3 aromatic heterocycles. The predicted molar refractivity (Wildman–Crippen MR) is 99.1 cm³/mol. The summed E-state index contributed by atoms with van der Waals surface area (Å²) in [7, 11) is 0. The highest BCUT2D eigenvalue weighted by Gasteiger charge is 2.18. The first-order valence-corrected chi connectivity index (χ1v) is 9.46. The van der Waals surface area contributed by atoms with Crippen molar-refractivity contribution in [1.82, 2.24) is 20.3 Å². The molecule has 3 aromatic rings. The van der Waals surface area contributed by atoms with E-state index >= 15 is 0 Å². The normalized spacial score (nSPS) is 14.1. The van der Waals surface area contributed by atoms with Crippen LogP contribution in [0.2, 0.25) is 0 Å². The number of aryl methyl sites for hydroxylation is 1. The number of aromatic nitrogens is 3. The van der Waals surface area contributed by atoms with E-state index in [1.807, 2.05) is 17.6 Å². The predicted octanol–water partition coefficient (Wildman–Crippen LogP) is 2.84. The van der Waals surface area contributed by atoms with Gasteiger partial charge in [-0.1, -0.05) is 0 Å². The van der Waals surface area contributed by atoms with Crippen LogP contribution in [0.1, 0.15) is 21.8 Å². The molecule has 0 amide bonds. The number of hydrogen-bond acceptors (Lipinski definition) is 7. The molecule has 0 saturated carbocycles. The molecule has 25 heavy (non-hydrogen) atoms. The van der Waals surface area contributed by atoms with Gasteiger partial charge in [0.25, 0.3) is 0 Å². The van der Waals surface area contributed by atoms with E-state index in [-0.39, 0.29) is 0 Å². The smallest absolute Gasteiger partial charge is 0.197 e. The number of furan rings is 1. The number of anilines is 1. The molecule has 0 aromatic carbocycles. The van der Waals surface area contributed by atoms with Gasteiger partial charge in [-0.25, -0.2) is 15.0 Å². The van der Waals surface area contributed by atoms with E-state index in [9.17, 15) is 0 Å². The molecule has 6 nitrogen and oxygen atoms in total. The van der Waals surface area contributed by atoms with Crippen molar-refractivity contribution in [2.45, 2.75) is 26.2 Å². The van der Waals surface area contributed by atoms with Crippen LogP contribution in [0.15, 0.2) is 28.3 Å². The lowest BCUT2D eigenvalue weighted by molar-refractivity contribution is 0.576. The van der Waals surface area contributed by atoms with Crippen molar-refractivity contribution in [3.8, 4) is 11.6 Å². The molecular formula is C18H21N5OS. The molecule has 1 aliphatic rings. The Morgan fingerprint density at radius 2 is 2.20 bits per heavy atom. The molecule has 0 aliphatic carbocycles. The second kappa shape index (κ2) is 7.33. The lowest BCUT2D eigenvalue weighted by Gasteiger charge is -2.14. The molecule has 0 unspecified atom stereocenters. The zero-order chi connectivity index (χ0) is 17.1. The first-order valence-electron chi connectivity index (χ1n) is 8.58. The summed E-state index contributed by atoms with van der Waals surface area (Å²) in [6.45, 7) is 4.79. The van der Waals surface area contributed by atoms with Gasteiger partial charge >= 0.3 is 0 Å². The van der Waals surface area contributed by atoms with E-state index in [4.69, 9.17) is 14.4 Å². The Hall–Kier alpha value is -2.25. The maximum absolute atomic E-state index is 5.50. The van der Waals surface area contributed by atoms with Crippen LogP contribution in [0, 0.1) is 6.92 Å². The van der Waals surface area contributed by atoms with Gasteiger partial charge in [0.15, 0.2) is 11.6 Å². The summed E-state index contributed by atoms with van der Waals surface area (Å²) in [5.74, 6) is 2.30. The molecule has 0 bridgehead atoms. The largest absolute Gasteiger partial charge is 0.461 e. The van der Waals surface area contributed by atoms with Crippen LogP contribution < -0.4 is 10.6 Å². The molecule has 0 radical (unpaired) electrons. The Morgan fingerprint density at radius 1 is 1.28 bits per heavy atom. The fraction of sp³-hybridized carbons (Fsp3) is 0.389. The van der Waals surface area contributed by atoms with Crippen LogP contribution in [-0.4, -0.2) is 34.6 Å². The van der Waals surface area contributed by atoms with E-state index in [2.05, 4.69) is 22.5 Å². The summed E-state index contributed by atoms with van der Waals surface area (Å²) >= 11 is 1.71.